The monoisotopic (exact) mass is 464 g/mol. The summed E-state index contributed by atoms with van der Waals surface area (Å²) in [5.41, 5.74) is 2.82. The van der Waals surface area contributed by atoms with Gasteiger partial charge in [-0.05, 0) is 68.1 Å². The lowest BCUT2D eigenvalue weighted by Crippen LogP contribution is -2.40. The summed E-state index contributed by atoms with van der Waals surface area (Å²) >= 11 is 1.75. The van der Waals surface area contributed by atoms with Crippen LogP contribution in [0.3, 0.4) is 0 Å². The van der Waals surface area contributed by atoms with E-state index in [1.807, 2.05) is 45.8 Å². The van der Waals surface area contributed by atoms with Crippen LogP contribution in [0, 0.1) is 5.92 Å². The molecule has 174 valence electrons. The van der Waals surface area contributed by atoms with Gasteiger partial charge in [0, 0.05) is 54.8 Å². The summed E-state index contributed by atoms with van der Waals surface area (Å²) in [6.07, 6.45) is 7.56. The van der Waals surface area contributed by atoms with Crippen molar-refractivity contribution in [3.8, 4) is 0 Å². The lowest BCUT2D eigenvalue weighted by atomic mass is 9.93. The molecule has 2 fully saturated rings. The van der Waals surface area contributed by atoms with E-state index in [1.165, 1.54) is 6.42 Å². The maximum Gasteiger partial charge on any atom is 0.253 e. The number of nitrogens with zero attached hydrogens (tertiary/aromatic N) is 4. The highest BCUT2D eigenvalue weighted by atomic mass is 32.2. The molecule has 4 heterocycles. The number of thioether (sulfide) groups is 1. The molecule has 0 unspecified atom stereocenters. The second-order valence-corrected chi connectivity index (χ2v) is 10.0. The molecule has 0 radical (unpaired) electrons. The largest absolute Gasteiger partial charge is 0.379 e. The molecule has 7 heteroatoms. The first-order valence-corrected chi connectivity index (χ1v) is 13.0. The average Bonchev–Trinajstić information content (AvgIpc) is 3.30. The lowest BCUT2D eigenvalue weighted by molar-refractivity contribution is 0.0332. The van der Waals surface area contributed by atoms with Crippen molar-refractivity contribution < 1.29 is 9.53 Å². The second-order valence-electron chi connectivity index (χ2n) is 8.99. The highest BCUT2D eigenvalue weighted by molar-refractivity contribution is 7.98. The van der Waals surface area contributed by atoms with Crippen molar-refractivity contribution in [1.29, 1.82) is 0 Å². The van der Waals surface area contributed by atoms with Crippen molar-refractivity contribution in [2.75, 3.05) is 45.9 Å². The highest BCUT2D eigenvalue weighted by Gasteiger charge is 2.24. The van der Waals surface area contributed by atoms with Crippen molar-refractivity contribution in [2.24, 2.45) is 5.92 Å². The van der Waals surface area contributed by atoms with E-state index in [1.54, 1.807) is 11.8 Å². The van der Waals surface area contributed by atoms with Crippen molar-refractivity contribution in [3.05, 3.63) is 66.1 Å². The van der Waals surface area contributed by atoms with Gasteiger partial charge in [0.2, 0.25) is 0 Å². The summed E-state index contributed by atoms with van der Waals surface area (Å²) in [6, 6.07) is 14.1. The van der Waals surface area contributed by atoms with E-state index in [2.05, 4.69) is 28.2 Å². The standard InChI is InChI=1S/C26H32N4O2S/c31-26(29-13-9-21(10-14-29)8-12-28-15-17-32-18-16-28)22-4-6-24(7-5-22)33-20-23-19-30-11-2-1-3-25(30)27-23/h1-7,11,19,21H,8-10,12-18,20H2. The maximum absolute atomic E-state index is 13.0. The summed E-state index contributed by atoms with van der Waals surface area (Å²) in [5, 5.41) is 0. The molecule has 0 N–H and O–H groups in total. The molecule has 33 heavy (non-hydrogen) atoms. The van der Waals surface area contributed by atoms with E-state index in [9.17, 15) is 4.79 Å². The number of piperidine rings is 1. The summed E-state index contributed by atoms with van der Waals surface area (Å²) < 4.78 is 7.48. The van der Waals surface area contributed by atoms with Gasteiger partial charge >= 0.3 is 0 Å². The second kappa shape index (κ2) is 10.7. The summed E-state index contributed by atoms with van der Waals surface area (Å²) in [6.45, 7) is 6.76. The Labute approximate surface area is 199 Å². The van der Waals surface area contributed by atoms with Crippen molar-refractivity contribution in [1.82, 2.24) is 19.2 Å². The molecule has 3 aromatic rings. The Morgan fingerprint density at radius 3 is 2.58 bits per heavy atom. The average molecular weight is 465 g/mol. The number of fused-ring (bicyclic) bond motifs is 1. The number of carbonyl (C=O) groups is 1. The number of morpholine rings is 1. The van der Waals surface area contributed by atoms with E-state index < -0.39 is 0 Å². The third-order valence-electron chi connectivity index (χ3n) is 6.76. The first-order chi connectivity index (χ1) is 16.2. The van der Waals surface area contributed by atoms with Crippen LogP contribution in [-0.4, -0.2) is 71.0 Å². The molecule has 2 aromatic heterocycles. The number of ether oxygens (including phenoxy) is 1. The Hall–Kier alpha value is -2.35. The quantitative estimate of drug-likeness (QED) is 0.491. The van der Waals surface area contributed by atoms with Gasteiger partial charge in [0.25, 0.3) is 5.91 Å². The Balaban J connectivity index is 1.08. The van der Waals surface area contributed by atoms with E-state index in [0.29, 0.717) is 0 Å². The van der Waals surface area contributed by atoms with Gasteiger partial charge in [-0.2, -0.15) is 0 Å². The molecule has 2 aliphatic rings. The van der Waals surface area contributed by atoms with Crippen molar-refractivity contribution in [3.63, 3.8) is 0 Å². The summed E-state index contributed by atoms with van der Waals surface area (Å²) in [4.78, 5) is 23.3. The van der Waals surface area contributed by atoms with E-state index in [-0.39, 0.29) is 5.91 Å². The van der Waals surface area contributed by atoms with Crippen LogP contribution in [0.25, 0.3) is 5.65 Å². The number of imidazole rings is 1. The molecule has 0 saturated carbocycles. The fourth-order valence-electron chi connectivity index (χ4n) is 4.70. The zero-order valence-corrected chi connectivity index (χ0v) is 19.9. The van der Waals surface area contributed by atoms with Crippen LogP contribution in [0.15, 0.2) is 59.8 Å². The Bertz CT molecular complexity index is 1020. The van der Waals surface area contributed by atoms with Crippen LogP contribution < -0.4 is 0 Å². The molecule has 2 aliphatic heterocycles. The van der Waals surface area contributed by atoms with Crippen molar-refractivity contribution >= 4 is 23.3 Å². The molecular weight excluding hydrogens is 432 g/mol. The van der Waals surface area contributed by atoms with Crippen LogP contribution in [0.5, 0.6) is 0 Å². The maximum atomic E-state index is 13.0. The van der Waals surface area contributed by atoms with Gasteiger partial charge in [0.1, 0.15) is 5.65 Å². The predicted molar refractivity (Wildman–Crippen MR) is 132 cm³/mol. The topological polar surface area (TPSA) is 50.1 Å². The van der Waals surface area contributed by atoms with Gasteiger partial charge in [0.15, 0.2) is 0 Å². The normalized spacial score (nSPS) is 18.1. The molecule has 0 spiro atoms. The zero-order valence-electron chi connectivity index (χ0n) is 19.1. The SMILES string of the molecule is O=C(c1ccc(SCc2cn3ccccc3n2)cc1)N1CCC(CCN2CCOCC2)CC1. The molecule has 0 aliphatic carbocycles. The Morgan fingerprint density at radius 1 is 1.03 bits per heavy atom. The van der Waals surface area contributed by atoms with E-state index in [0.717, 1.165) is 92.2 Å². The fraction of sp³-hybridized carbons (Fsp3) is 0.462. The van der Waals surface area contributed by atoms with Crippen LogP contribution in [0.2, 0.25) is 0 Å². The number of rotatable bonds is 7. The van der Waals surface area contributed by atoms with Gasteiger partial charge in [-0.3, -0.25) is 9.69 Å². The number of pyridine rings is 1. The highest BCUT2D eigenvalue weighted by Crippen LogP contribution is 2.25. The third kappa shape index (κ3) is 5.78. The minimum absolute atomic E-state index is 0.165. The first-order valence-electron chi connectivity index (χ1n) is 12.0. The number of benzene rings is 1. The molecule has 0 atom stereocenters. The van der Waals surface area contributed by atoms with Crippen LogP contribution in [0.4, 0.5) is 0 Å². The van der Waals surface area contributed by atoms with Gasteiger partial charge in [-0.25, -0.2) is 4.98 Å². The van der Waals surface area contributed by atoms with Gasteiger partial charge in [-0.15, -0.1) is 11.8 Å². The van der Waals surface area contributed by atoms with Gasteiger partial charge in [-0.1, -0.05) is 6.07 Å². The van der Waals surface area contributed by atoms with Crippen molar-refractivity contribution in [2.45, 2.75) is 29.9 Å². The smallest absolute Gasteiger partial charge is 0.253 e. The predicted octanol–water partition coefficient (Wildman–Crippen LogP) is 4.20. The molecule has 0 bridgehead atoms. The number of hydrogen-bond donors (Lipinski definition) is 0. The Morgan fingerprint density at radius 2 is 1.82 bits per heavy atom. The van der Waals surface area contributed by atoms with E-state index >= 15 is 0 Å². The third-order valence-corrected chi connectivity index (χ3v) is 7.81. The molecule has 6 nitrogen and oxygen atoms in total. The number of amides is 1. The van der Waals surface area contributed by atoms with E-state index in [4.69, 9.17) is 4.74 Å². The lowest BCUT2D eigenvalue weighted by Gasteiger charge is -2.34. The minimum Gasteiger partial charge on any atom is -0.379 e. The molecular formula is C26H32N4O2S. The number of carbonyl (C=O) groups excluding carboxylic acids is 1. The van der Waals surface area contributed by atoms with Gasteiger partial charge in [0.05, 0.1) is 18.9 Å². The fourth-order valence-corrected chi connectivity index (χ4v) is 5.49. The number of likely N-dealkylation sites (tertiary alicyclic amines) is 1. The van der Waals surface area contributed by atoms with Gasteiger partial charge < -0.3 is 14.0 Å². The minimum atomic E-state index is 0.165. The number of aromatic nitrogens is 2. The molecule has 2 saturated heterocycles. The first kappa shape index (κ1) is 22.4. The van der Waals surface area contributed by atoms with Crippen LogP contribution in [-0.2, 0) is 10.5 Å². The van der Waals surface area contributed by atoms with Crippen LogP contribution in [0.1, 0.15) is 35.3 Å². The number of hydrogen-bond acceptors (Lipinski definition) is 5. The summed E-state index contributed by atoms with van der Waals surface area (Å²) in [5.74, 6) is 1.71. The molecule has 1 aromatic carbocycles. The molecule has 5 rings (SSSR count). The van der Waals surface area contributed by atoms with Crippen LogP contribution >= 0.6 is 11.8 Å². The summed E-state index contributed by atoms with van der Waals surface area (Å²) in [7, 11) is 0. The zero-order chi connectivity index (χ0) is 22.5. The molecule has 1 amide bonds. The Kier molecular flexibility index (Phi) is 7.29.